The highest BCUT2D eigenvalue weighted by Crippen LogP contribution is 2.27. The Bertz CT molecular complexity index is 710. The SMILES string of the molecule is CC(C)(C)CN(C(=O)Oc1cccc2ccccc12)C1CCNC1. The molecule has 0 aliphatic carbocycles. The van der Waals surface area contributed by atoms with Gasteiger partial charge in [0.05, 0.1) is 0 Å². The summed E-state index contributed by atoms with van der Waals surface area (Å²) in [6.07, 6.45) is 0.718. The van der Waals surface area contributed by atoms with Crippen LogP contribution in [0.2, 0.25) is 0 Å². The van der Waals surface area contributed by atoms with Crippen molar-refractivity contribution in [2.45, 2.75) is 33.2 Å². The van der Waals surface area contributed by atoms with Crippen molar-refractivity contribution < 1.29 is 9.53 Å². The fourth-order valence-corrected chi connectivity index (χ4v) is 3.20. The van der Waals surface area contributed by atoms with Crippen molar-refractivity contribution in [2.24, 2.45) is 5.41 Å². The second-order valence-electron chi connectivity index (χ2n) is 7.68. The summed E-state index contributed by atoms with van der Waals surface area (Å²) in [7, 11) is 0. The number of fused-ring (bicyclic) bond motifs is 1. The highest BCUT2D eigenvalue weighted by molar-refractivity contribution is 5.90. The van der Waals surface area contributed by atoms with Crippen LogP contribution in [0, 0.1) is 5.41 Å². The molecule has 128 valence electrons. The lowest BCUT2D eigenvalue weighted by Gasteiger charge is -2.33. The molecular weight excluding hydrogens is 300 g/mol. The van der Waals surface area contributed by atoms with E-state index in [0.717, 1.165) is 30.3 Å². The summed E-state index contributed by atoms with van der Waals surface area (Å²) in [5.74, 6) is 0.628. The lowest BCUT2D eigenvalue weighted by atomic mass is 9.95. The maximum atomic E-state index is 12.9. The normalized spacial score (nSPS) is 17.9. The van der Waals surface area contributed by atoms with Crippen LogP contribution in [0.1, 0.15) is 27.2 Å². The Labute approximate surface area is 143 Å². The number of nitrogens with zero attached hydrogens (tertiary/aromatic N) is 1. The van der Waals surface area contributed by atoms with Crippen molar-refractivity contribution in [2.75, 3.05) is 19.6 Å². The molecular formula is C20H26N2O2. The van der Waals surface area contributed by atoms with Gasteiger partial charge in [0.15, 0.2) is 0 Å². The third kappa shape index (κ3) is 3.88. The van der Waals surface area contributed by atoms with E-state index in [0.29, 0.717) is 12.3 Å². The van der Waals surface area contributed by atoms with Gasteiger partial charge in [0.2, 0.25) is 0 Å². The molecule has 1 aliphatic heterocycles. The van der Waals surface area contributed by atoms with E-state index >= 15 is 0 Å². The van der Waals surface area contributed by atoms with E-state index < -0.39 is 0 Å². The molecule has 1 amide bonds. The summed E-state index contributed by atoms with van der Waals surface area (Å²) in [5.41, 5.74) is 0.0281. The summed E-state index contributed by atoms with van der Waals surface area (Å²) >= 11 is 0. The van der Waals surface area contributed by atoms with E-state index in [1.165, 1.54) is 0 Å². The second kappa shape index (κ2) is 6.81. The lowest BCUT2D eigenvalue weighted by Crippen LogP contribution is -2.47. The molecule has 3 rings (SSSR count). The fraction of sp³-hybridized carbons (Fsp3) is 0.450. The van der Waals surface area contributed by atoms with Gasteiger partial charge in [-0.2, -0.15) is 0 Å². The minimum absolute atomic E-state index is 0.0281. The van der Waals surface area contributed by atoms with Gasteiger partial charge in [-0.3, -0.25) is 0 Å². The number of rotatable bonds is 3. The highest BCUT2D eigenvalue weighted by Gasteiger charge is 2.31. The van der Waals surface area contributed by atoms with Crippen molar-refractivity contribution in [1.29, 1.82) is 0 Å². The Hall–Kier alpha value is -2.07. The molecule has 1 saturated heterocycles. The first-order chi connectivity index (χ1) is 11.4. The zero-order chi connectivity index (χ0) is 17.2. The van der Waals surface area contributed by atoms with Gasteiger partial charge in [-0.25, -0.2) is 4.79 Å². The van der Waals surface area contributed by atoms with Crippen molar-refractivity contribution in [3.8, 4) is 5.75 Å². The Morgan fingerprint density at radius 2 is 1.96 bits per heavy atom. The quantitative estimate of drug-likeness (QED) is 0.925. The standard InChI is InChI=1S/C20H26N2O2/c1-20(2,3)14-22(16-11-12-21-13-16)19(23)24-18-10-6-8-15-7-4-5-9-17(15)18/h4-10,16,21H,11-14H2,1-3H3. The molecule has 4 heteroatoms. The molecule has 1 atom stereocenters. The minimum Gasteiger partial charge on any atom is -0.410 e. The first-order valence-electron chi connectivity index (χ1n) is 8.61. The zero-order valence-corrected chi connectivity index (χ0v) is 14.7. The second-order valence-corrected chi connectivity index (χ2v) is 7.68. The molecule has 0 radical (unpaired) electrons. The van der Waals surface area contributed by atoms with Gasteiger partial charge in [0.25, 0.3) is 0 Å². The van der Waals surface area contributed by atoms with E-state index in [1.807, 2.05) is 47.4 Å². The maximum absolute atomic E-state index is 12.9. The molecule has 2 aromatic rings. The highest BCUT2D eigenvalue weighted by atomic mass is 16.6. The van der Waals surface area contributed by atoms with Crippen molar-refractivity contribution in [3.05, 3.63) is 42.5 Å². The predicted molar refractivity (Wildman–Crippen MR) is 97.4 cm³/mol. The average molecular weight is 326 g/mol. The summed E-state index contributed by atoms with van der Waals surface area (Å²) in [6, 6.07) is 14.0. The predicted octanol–water partition coefficient (Wildman–Crippen LogP) is 4.05. The molecule has 2 aromatic carbocycles. The number of hydrogen-bond acceptors (Lipinski definition) is 3. The number of carbonyl (C=O) groups excluding carboxylic acids is 1. The number of amides is 1. The molecule has 0 saturated carbocycles. The number of hydrogen-bond donors (Lipinski definition) is 1. The molecule has 0 bridgehead atoms. The molecule has 0 spiro atoms. The van der Waals surface area contributed by atoms with Crippen molar-refractivity contribution >= 4 is 16.9 Å². The molecule has 1 aliphatic rings. The topological polar surface area (TPSA) is 41.6 Å². The Kier molecular flexibility index (Phi) is 4.76. The van der Waals surface area contributed by atoms with Crippen LogP contribution in [0.5, 0.6) is 5.75 Å². The number of carbonyl (C=O) groups is 1. The van der Waals surface area contributed by atoms with E-state index in [1.54, 1.807) is 0 Å². The van der Waals surface area contributed by atoms with Gasteiger partial charge < -0.3 is 15.0 Å². The van der Waals surface area contributed by atoms with Gasteiger partial charge in [0.1, 0.15) is 5.75 Å². The molecule has 4 nitrogen and oxygen atoms in total. The summed E-state index contributed by atoms with van der Waals surface area (Å²) in [4.78, 5) is 14.8. The number of benzene rings is 2. The third-order valence-electron chi connectivity index (χ3n) is 4.30. The molecule has 24 heavy (non-hydrogen) atoms. The Morgan fingerprint density at radius 3 is 2.67 bits per heavy atom. The Balaban J connectivity index is 1.84. The van der Waals surface area contributed by atoms with Crippen LogP contribution in [0.3, 0.4) is 0 Å². The van der Waals surface area contributed by atoms with Crippen molar-refractivity contribution in [1.82, 2.24) is 10.2 Å². The largest absolute Gasteiger partial charge is 0.415 e. The van der Waals surface area contributed by atoms with Crippen LogP contribution in [0.25, 0.3) is 10.8 Å². The molecule has 0 aromatic heterocycles. The van der Waals surface area contributed by atoms with Crippen LogP contribution in [-0.4, -0.2) is 36.7 Å². The lowest BCUT2D eigenvalue weighted by molar-refractivity contribution is 0.113. The van der Waals surface area contributed by atoms with Crippen LogP contribution in [0.4, 0.5) is 4.79 Å². The first kappa shape index (κ1) is 16.8. The van der Waals surface area contributed by atoms with Crippen LogP contribution in [-0.2, 0) is 0 Å². The van der Waals surface area contributed by atoms with Crippen LogP contribution >= 0.6 is 0 Å². The van der Waals surface area contributed by atoms with Gasteiger partial charge in [-0.05, 0) is 29.8 Å². The fourth-order valence-electron chi connectivity index (χ4n) is 3.20. The van der Waals surface area contributed by atoms with Crippen molar-refractivity contribution in [3.63, 3.8) is 0 Å². The van der Waals surface area contributed by atoms with E-state index in [-0.39, 0.29) is 17.6 Å². The zero-order valence-electron chi connectivity index (χ0n) is 14.7. The summed E-state index contributed by atoms with van der Waals surface area (Å²) < 4.78 is 5.81. The van der Waals surface area contributed by atoms with Crippen LogP contribution < -0.4 is 10.1 Å². The van der Waals surface area contributed by atoms with Crippen LogP contribution in [0.15, 0.2) is 42.5 Å². The van der Waals surface area contributed by atoms with E-state index in [9.17, 15) is 4.79 Å². The van der Waals surface area contributed by atoms with Gasteiger partial charge in [0, 0.05) is 24.5 Å². The summed E-state index contributed by atoms with van der Waals surface area (Å²) in [5, 5.41) is 5.38. The number of nitrogens with one attached hydrogen (secondary N) is 1. The maximum Gasteiger partial charge on any atom is 0.415 e. The summed E-state index contributed by atoms with van der Waals surface area (Å²) in [6.45, 7) is 8.91. The smallest absolute Gasteiger partial charge is 0.410 e. The Morgan fingerprint density at radius 1 is 1.21 bits per heavy atom. The van der Waals surface area contributed by atoms with Gasteiger partial charge in [-0.1, -0.05) is 57.2 Å². The average Bonchev–Trinajstić information content (AvgIpc) is 3.06. The van der Waals surface area contributed by atoms with E-state index in [2.05, 4.69) is 26.1 Å². The monoisotopic (exact) mass is 326 g/mol. The number of ether oxygens (including phenoxy) is 1. The van der Waals surface area contributed by atoms with Gasteiger partial charge in [-0.15, -0.1) is 0 Å². The third-order valence-corrected chi connectivity index (χ3v) is 4.30. The minimum atomic E-state index is -0.255. The molecule has 1 heterocycles. The molecule has 1 fully saturated rings. The molecule has 1 N–H and O–H groups in total. The molecule has 1 unspecified atom stereocenters. The first-order valence-corrected chi connectivity index (χ1v) is 8.61. The van der Waals surface area contributed by atoms with E-state index in [4.69, 9.17) is 4.74 Å². The van der Waals surface area contributed by atoms with Gasteiger partial charge >= 0.3 is 6.09 Å².